The summed E-state index contributed by atoms with van der Waals surface area (Å²) in [6.45, 7) is 3.58. The minimum absolute atomic E-state index is 0.0997. The summed E-state index contributed by atoms with van der Waals surface area (Å²) < 4.78 is 10.3. The van der Waals surface area contributed by atoms with E-state index in [1.54, 1.807) is 13.8 Å². The van der Waals surface area contributed by atoms with Crippen LogP contribution in [0.4, 0.5) is 0 Å². The zero-order chi connectivity index (χ0) is 8.36. The average molecular weight is 168 g/mol. The molecule has 10 heavy (non-hydrogen) atoms. The van der Waals surface area contributed by atoms with Crippen molar-refractivity contribution < 1.29 is 19.5 Å². The number of hydrogen-bond donors (Lipinski definition) is 3. The lowest BCUT2D eigenvalue weighted by Gasteiger charge is -2.13. The van der Waals surface area contributed by atoms with Gasteiger partial charge in [0.2, 0.25) is 0 Å². The third-order valence-corrected chi connectivity index (χ3v) is 2.06. The molecule has 0 unspecified atom stereocenters. The van der Waals surface area contributed by atoms with E-state index in [1.807, 2.05) is 0 Å². The molecule has 5 heteroatoms. The van der Waals surface area contributed by atoms with Crippen LogP contribution in [0, 0.1) is 5.92 Å². The number of rotatable bonds is 3. The van der Waals surface area contributed by atoms with Crippen molar-refractivity contribution in [3.63, 3.8) is 0 Å². The Kier molecular flexibility index (Phi) is 3.52. The summed E-state index contributed by atoms with van der Waals surface area (Å²) in [4.78, 5) is 16.8. The molecule has 0 radical (unpaired) electrons. The first-order valence-corrected chi connectivity index (χ1v) is 4.75. The molecule has 0 fully saturated rings. The van der Waals surface area contributed by atoms with Gasteiger partial charge in [-0.2, -0.15) is 0 Å². The van der Waals surface area contributed by atoms with Crippen LogP contribution in [-0.4, -0.2) is 20.7 Å². The maximum Gasteiger partial charge on any atom is 0.353 e. The highest BCUT2D eigenvalue weighted by atomic mass is 31.2. The van der Waals surface area contributed by atoms with Gasteiger partial charge in [0.25, 0.3) is 0 Å². The molecule has 0 rings (SSSR count). The SMILES string of the molecule is CC(C)C[C@@H](O)P(=O)(O)O. The van der Waals surface area contributed by atoms with Crippen LogP contribution >= 0.6 is 7.60 Å². The van der Waals surface area contributed by atoms with Crippen molar-refractivity contribution in [3.8, 4) is 0 Å². The zero-order valence-corrected chi connectivity index (χ0v) is 6.95. The molecule has 0 aromatic rings. The predicted molar refractivity (Wildman–Crippen MR) is 37.5 cm³/mol. The molecule has 62 valence electrons. The Morgan fingerprint density at radius 1 is 1.40 bits per heavy atom. The van der Waals surface area contributed by atoms with E-state index in [2.05, 4.69) is 0 Å². The fourth-order valence-electron chi connectivity index (χ4n) is 0.559. The molecule has 0 amide bonds. The Morgan fingerprint density at radius 2 is 1.80 bits per heavy atom. The van der Waals surface area contributed by atoms with Crippen LogP contribution in [0.3, 0.4) is 0 Å². The number of aliphatic hydroxyl groups is 1. The number of aliphatic hydroxyl groups excluding tert-OH is 1. The van der Waals surface area contributed by atoms with Crippen LogP contribution in [0.1, 0.15) is 20.3 Å². The molecule has 0 aliphatic rings. The highest BCUT2D eigenvalue weighted by Gasteiger charge is 2.26. The molecule has 3 N–H and O–H groups in total. The van der Waals surface area contributed by atoms with Gasteiger partial charge < -0.3 is 14.9 Å². The van der Waals surface area contributed by atoms with Crippen LogP contribution in [0.5, 0.6) is 0 Å². The van der Waals surface area contributed by atoms with Gasteiger partial charge in [-0.3, -0.25) is 4.57 Å². The van der Waals surface area contributed by atoms with Gasteiger partial charge in [-0.05, 0) is 12.3 Å². The second kappa shape index (κ2) is 3.49. The van der Waals surface area contributed by atoms with Crippen LogP contribution in [0.2, 0.25) is 0 Å². The van der Waals surface area contributed by atoms with E-state index in [0.717, 1.165) is 0 Å². The maximum atomic E-state index is 10.3. The van der Waals surface area contributed by atoms with Crippen molar-refractivity contribution in [1.29, 1.82) is 0 Å². The Bertz CT molecular complexity index is 139. The van der Waals surface area contributed by atoms with Gasteiger partial charge in [0.1, 0.15) is 0 Å². The maximum absolute atomic E-state index is 10.3. The second-order valence-electron chi connectivity index (χ2n) is 2.70. The topological polar surface area (TPSA) is 77.8 Å². The van der Waals surface area contributed by atoms with E-state index < -0.39 is 13.4 Å². The number of hydrogen-bond acceptors (Lipinski definition) is 2. The minimum atomic E-state index is -4.26. The van der Waals surface area contributed by atoms with E-state index in [1.165, 1.54) is 0 Å². The molecular weight excluding hydrogens is 155 g/mol. The predicted octanol–water partition coefficient (Wildman–Crippen LogP) is 0.529. The van der Waals surface area contributed by atoms with Gasteiger partial charge in [-0.25, -0.2) is 0 Å². The third kappa shape index (κ3) is 4.01. The summed E-state index contributed by atoms with van der Waals surface area (Å²) in [6, 6.07) is 0. The smallest absolute Gasteiger partial charge is 0.353 e. The van der Waals surface area contributed by atoms with Crippen LogP contribution in [0.15, 0.2) is 0 Å². The highest BCUT2D eigenvalue weighted by molar-refractivity contribution is 7.52. The van der Waals surface area contributed by atoms with Crippen molar-refractivity contribution in [2.75, 3.05) is 0 Å². The molecule has 0 heterocycles. The van der Waals surface area contributed by atoms with Crippen molar-refractivity contribution in [1.82, 2.24) is 0 Å². The quantitative estimate of drug-likeness (QED) is 0.537. The molecule has 0 saturated carbocycles. The molecule has 0 aromatic heterocycles. The van der Waals surface area contributed by atoms with E-state index in [9.17, 15) is 4.57 Å². The molecule has 0 bridgehead atoms. The summed E-state index contributed by atoms with van der Waals surface area (Å²) in [6.07, 6.45) is 0.143. The fraction of sp³-hybridized carbons (Fsp3) is 1.00. The van der Waals surface area contributed by atoms with Crippen molar-refractivity contribution in [3.05, 3.63) is 0 Å². The van der Waals surface area contributed by atoms with Gasteiger partial charge >= 0.3 is 7.60 Å². The van der Waals surface area contributed by atoms with Crippen molar-refractivity contribution in [2.45, 2.75) is 26.1 Å². The summed E-state index contributed by atoms with van der Waals surface area (Å²) >= 11 is 0. The lowest BCUT2D eigenvalue weighted by molar-refractivity contribution is 0.180. The van der Waals surface area contributed by atoms with Crippen LogP contribution in [-0.2, 0) is 4.57 Å². The van der Waals surface area contributed by atoms with Crippen LogP contribution in [0.25, 0.3) is 0 Å². The van der Waals surface area contributed by atoms with E-state index in [4.69, 9.17) is 14.9 Å². The highest BCUT2D eigenvalue weighted by Crippen LogP contribution is 2.42. The van der Waals surface area contributed by atoms with E-state index >= 15 is 0 Å². The Morgan fingerprint density at radius 3 is 1.90 bits per heavy atom. The molecule has 1 atom stereocenters. The van der Waals surface area contributed by atoms with Crippen molar-refractivity contribution >= 4 is 7.60 Å². The minimum Gasteiger partial charge on any atom is -0.380 e. The third-order valence-electron chi connectivity index (χ3n) is 1.07. The van der Waals surface area contributed by atoms with Gasteiger partial charge in [-0.1, -0.05) is 13.8 Å². The molecule has 0 aromatic carbocycles. The molecule has 4 nitrogen and oxygen atoms in total. The second-order valence-corrected chi connectivity index (χ2v) is 4.47. The lowest BCUT2D eigenvalue weighted by Crippen LogP contribution is -2.09. The Labute approximate surface area is 60.0 Å². The summed E-state index contributed by atoms with van der Waals surface area (Å²) in [5, 5.41) is 8.79. The van der Waals surface area contributed by atoms with Crippen molar-refractivity contribution in [2.24, 2.45) is 5.92 Å². The molecule has 0 spiro atoms. The average Bonchev–Trinajstić information content (AvgIpc) is 1.60. The van der Waals surface area contributed by atoms with Gasteiger partial charge in [0, 0.05) is 0 Å². The molecule has 0 aliphatic carbocycles. The standard InChI is InChI=1S/C5H13O4P/c1-4(2)3-5(6)10(7,8)9/h4-6H,3H2,1-2H3,(H2,7,8,9)/t5-/m0/s1. The zero-order valence-electron chi connectivity index (χ0n) is 6.06. The summed E-state index contributed by atoms with van der Waals surface area (Å²) in [5.74, 6) is -1.39. The molecule has 0 saturated heterocycles. The fourth-order valence-corrected chi connectivity index (χ4v) is 1.26. The van der Waals surface area contributed by atoms with E-state index in [0.29, 0.717) is 0 Å². The van der Waals surface area contributed by atoms with Gasteiger partial charge in [0.05, 0.1) is 0 Å². The monoisotopic (exact) mass is 168 g/mol. The first kappa shape index (κ1) is 10.1. The normalized spacial score (nSPS) is 15.8. The van der Waals surface area contributed by atoms with Gasteiger partial charge in [0.15, 0.2) is 5.85 Å². The largest absolute Gasteiger partial charge is 0.380 e. The molecule has 0 aliphatic heterocycles. The lowest BCUT2D eigenvalue weighted by atomic mass is 10.1. The Hall–Kier alpha value is 0.110. The molecular formula is C5H13O4P. The van der Waals surface area contributed by atoms with E-state index in [-0.39, 0.29) is 12.3 Å². The summed E-state index contributed by atoms with van der Waals surface area (Å²) in [7, 11) is -4.26. The first-order chi connectivity index (χ1) is 4.34. The first-order valence-electron chi connectivity index (χ1n) is 3.07. The Balaban J connectivity index is 3.86. The van der Waals surface area contributed by atoms with Gasteiger partial charge in [-0.15, -0.1) is 0 Å². The summed E-state index contributed by atoms with van der Waals surface area (Å²) in [5.41, 5.74) is 0. The van der Waals surface area contributed by atoms with Crippen LogP contribution < -0.4 is 0 Å².